The zero-order valence-corrected chi connectivity index (χ0v) is 11.4. The van der Waals surface area contributed by atoms with Crippen LogP contribution in [0, 0.1) is 19.7 Å². The summed E-state index contributed by atoms with van der Waals surface area (Å²) in [6, 6.07) is 9.09. The van der Waals surface area contributed by atoms with Crippen molar-refractivity contribution in [1.29, 1.82) is 0 Å². The molecule has 0 aromatic heterocycles. The summed E-state index contributed by atoms with van der Waals surface area (Å²) in [5, 5.41) is 3.24. The standard InChI is InChI=1S/C15H13ClFNO/c1-9-7-10(2)14(13(16)8-9)18-15(19)11-3-5-12(17)6-4-11/h3-8H,1-2H3,(H,18,19). The van der Waals surface area contributed by atoms with Gasteiger partial charge in [0.05, 0.1) is 10.7 Å². The van der Waals surface area contributed by atoms with Crippen molar-refractivity contribution in [1.82, 2.24) is 0 Å². The van der Waals surface area contributed by atoms with Crippen LogP contribution in [-0.4, -0.2) is 5.91 Å². The molecular formula is C15H13ClFNO. The fraction of sp³-hybridized carbons (Fsp3) is 0.133. The molecule has 2 rings (SSSR count). The fourth-order valence-corrected chi connectivity index (χ4v) is 2.23. The van der Waals surface area contributed by atoms with Crippen LogP contribution in [0.3, 0.4) is 0 Å². The van der Waals surface area contributed by atoms with Gasteiger partial charge in [-0.25, -0.2) is 4.39 Å². The summed E-state index contributed by atoms with van der Waals surface area (Å²) in [7, 11) is 0. The lowest BCUT2D eigenvalue weighted by atomic mass is 10.1. The number of carbonyl (C=O) groups is 1. The third-order valence-corrected chi connectivity index (χ3v) is 3.07. The summed E-state index contributed by atoms with van der Waals surface area (Å²) in [6.45, 7) is 3.81. The monoisotopic (exact) mass is 277 g/mol. The maximum absolute atomic E-state index is 12.8. The summed E-state index contributed by atoms with van der Waals surface area (Å²) in [5.74, 6) is -0.685. The van der Waals surface area contributed by atoms with Crippen molar-refractivity contribution in [2.24, 2.45) is 0 Å². The van der Waals surface area contributed by atoms with Crippen molar-refractivity contribution >= 4 is 23.2 Å². The maximum atomic E-state index is 12.8. The molecule has 2 aromatic rings. The first kappa shape index (κ1) is 13.6. The molecule has 0 heterocycles. The molecule has 2 aromatic carbocycles. The maximum Gasteiger partial charge on any atom is 0.255 e. The van der Waals surface area contributed by atoms with Gasteiger partial charge in [-0.15, -0.1) is 0 Å². The molecule has 19 heavy (non-hydrogen) atoms. The Morgan fingerprint density at radius 1 is 1.16 bits per heavy atom. The summed E-state index contributed by atoms with van der Waals surface area (Å²) in [5.41, 5.74) is 2.89. The number of hydrogen-bond donors (Lipinski definition) is 1. The van der Waals surface area contributed by atoms with Gasteiger partial charge in [0.25, 0.3) is 5.91 Å². The van der Waals surface area contributed by atoms with E-state index in [4.69, 9.17) is 11.6 Å². The van der Waals surface area contributed by atoms with Gasteiger partial charge in [-0.2, -0.15) is 0 Å². The van der Waals surface area contributed by atoms with Gasteiger partial charge < -0.3 is 5.32 Å². The molecule has 0 spiro atoms. The zero-order valence-electron chi connectivity index (χ0n) is 10.6. The Morgan fingerprint density at radius 2 is 1.79 bits per heavy atom. The SMILES string of the molecule is Cc1cc(C)c(NC(=O)c2ccc(F)cc2)c(Cl)c1. The second kappa shape index (κ2) is 5.41. The number of anilines is 1. The number of benzene rings is 2. The van der Waals surface area contributed by atoms with Gasteiger partial charge in [0.1, 0.15) is 5.82 Å². The summed E-state index contributed by atoms with van der Waals surface area (Å²) >= 11 is 6.12. The Bertz CT molecular complexity index is 600. The van der Waals surface area contributed by atoms with Crippen LogP contribution in [0.4, 0.5) is 10.1 Å². The van der Waals surface area contributed by atoms with E-state index < -0.39 is 0 Å². The Kier molecular flexibility index (Phi) is 3.86. The molecule has 0 fully saturated rings. The van der Waals surface area contributed by atoms with Gasteiger partial charge in [0.15, 0.2) is 0 Å². The second-order valence-corrected chi connectivity index (χ2v) is 4.81. The minimum absolute atomic E-state index is 0.311. The average Bonchev–Trinajstić information content (AvgIpc) is 2.34. The van der Waals surface area contributed by atoms with E-state index >= 15 is 0 Å². The van der Waals surface area contributed by atoms with E-state index in [2.05, 4.69) is 5.32 Å². The molecule has 0 atom stereocenters. The molecule has 98 valence electrons. The fourth-order valence-electron chi connectivity index (χ4n) is 1.86. The Labute approximate surface area is 116 Å². The van der Waals surface area contributed by atoms with Crippen LogP contribution < -0.4 is 5.32 Å². The van der Waals surface area contributed by atoms with Crippen molar-refractivity contribution in [3.63, 3.8) is 0 Å². The molecular weight excluding hydrogens is 265 g/mol. The topological polar surface area (TPSA) is 29.1 Å². The lowest BCUT2D eigenvalue weighted by Gasteiger charge is -2.11. The van der Waals surface area contributed by atoms with Crippen molar-refractivity contribution in [3.8, 4) is 0 Å². The molecule has 0 unspecified atom stereocenters. The molecule has 0 aliphatic rings. The van der Waals surface area contributed by atoms with Crippen LogP contribution in [-0.2, 0) is 0 Å². The quantitative estimate of drug-likeness (QED) is 0.869. The molecule has 2 nitrogen and oxygen atoms in total. The highest BCUT2D eigenvalue weighted by Gasteiger charge is 2.11. The Morgan fingerprint density at radius 3 is 2.37 bits per heavy atom. The van der Waals surface area contributed by atoms with E-state index in [9.17, 15) is 9.18 Å². The third-order valence-electron chi connectivity index (χ3n) is 2.78. The molecule has 1 amide bonds. The molecule has 0 saturated heterocycles. The van der Waals surface area contributed by atoms with Crippen molar-refractivity contribution in [2.75, 3.05) is 5.32 Å². The van der Waals surface area contributed by atoms with Crippen molar-refractivity contribution in [3.05, 3.63) is 63.9 Å². The Balaban J connectivity index is 2.26. The second-order valence-electron chi connectivity index (χ2n) is 4.40. The van der Waals surface area contributed by atoms with Gasteiger partial charge in [0, 0.05) is 5.56 Å². The first-order valence-corrected chi connectivity index (χ1v) is 6.19. The van der Waals surface area contributed by atoms with Gasteiger partial charge in [-0.3, -0.25) is 4.79 Å². The predicted octanol–water partition coefficient (Wildman–Crippen LogP) is 4.35. The molecule has 1 N–H and O–H groups in total. The van der Waals surface area contributed by atoms with Gasteiger partial charge in [-0.1, -0.05) is 17.7 Å². The van der Waals surface area contributed by atoms with E-state index in [0.29, 0.717) is 16.3 Å². The summed E-state index contributed by atoms with van der Waals surface area (Å²) in [4.78, 5) is 12.0. The highest BCUT2D eigenvalue weighted by molar-refractivity contribution is 6.34. The minimum atomic E-state index is -0.374. The molecule has 0 aliphatic heterocycles. The summed E-state index contributed by atoms with van der Waals surface area (Å²) < 4.78 is 12.8. The lowest BCUT2D eigenvalue weighted by molar-refractivity contribution is 0.102. The molecule has 0 radical (unpaired) electrons. The molecule has 4 heteroatoms. The van der Waals surface area contributed by atoms with Crippen molar-refractivity contribution in [2.45, 2.75) is 13.8 Å². The smallest absolute Gasteiger partial charge is 0.255 e. The van der Waals surface area contributed by atoms with Gasteiger partial charge in [-0.05, 0) is 55.3 Å². The Hall–Kier alpha value is -1.87. The zero-order chi connectivity index (χ0) is 14.0. The highest BCUT2D eigenvalue weighted by atomic mass is 35.5. The van der Waals surface area contributed by atoms with Crippen LogP contribution in [0.5, 0.6) is 0 Å². The number of rotatable bonds is 2. The lowest BCUT2D eigenvalue weighted by Crippen LogP contribution is -2.13. The normalized spacial score (nSPS) is 10.3. The molecule has 0 bridgehead atoms. The van der Waals surface area contributed by atoms with E-state index in [1.54, 1.807) is 6.07 Å². The molecule has 0 saturated carbocycles. The number of amides is 1. The van der Waals surface area contributed by atoms with E-state index in [1.807, 2.05) is 19.9 Å². The molecule has 0 aliphatic carbocycles. The van der Waals surface area contributed by atoms with Crippen LogP contribution in [0.1, 0.15) is 21.5 Å². The van der Waals surface area contributed by atoms with Crippen LogP contribution in [0.25, 0.3) is 0 Å². The number of carbonyl (C=O) groups excluding carboxylic acids is 1. The van der Waals surface area contributed by atoms with Gasteiger partial charge >= 0.3 is 0 Å². The summed E-state index contributed by atoms with van der Waals surface area (Å²) in [6.07, 6.45) is 0. The van der Waals surface area contributed by atoms with E-state index in [1.165, 1.54) is 24.3 Å². The van der Waals surface area contributed by atoms with E-state index in [0.717, 1.165) is 11.1 Å². The van der Waals surface area contributed by atoms with Crippen LogP contribution >= 0.6 is 11.6 Å². The average molecular weight is 278 g/mol. The highest BCUT2D eigenvalue weighted by Crippen LogP contribution is 2.27. The largest absolute Gasteiger partial charge is 0.320 e. The number of halogens is 2. The number of hydrogen-bond acceptors (Lipinski definition) is 1. The van der Waals surface area contributed by atoms with Crippen LogP contribution in [0.2, 0.25) is 5.02 Å². The predicted molar refractivity (Wildman–Crippen MR) is 75.3 cm³/mol. The number of nitrogens with one attached hydrogen (secondary N) is 1. The minimum Gasteiger partial charge on any atom is -0.320 e. The first-order chi connectivity index (χ1) is 8.97. The first-order valence-electron chi connectivity index (χ1n) is 5.81. The number of aryl methyl sites for hydroxylation is 2. The van der Waals surface area contributed by atoms with Crippen LogP contribution in [0.15, 0.2) is 36.4 Å². The van der Waals surface area contributed by atoms with E-state index in [-0.39, 0.29) is 11.7 Å². The van der Waals surface area contributed by atoms with Crippen molar-refractivity contribution < 1.29 is 9.18 Å². The van der Waals surface area contributed by atoms with Gasteiger partial charge in [0.2, 0.25) is 0 Å². The third kappa shape index (κ3) is 3.12.